The number of aliphatic hydroxyl groups is 1. The van der Waals surface area contributed by atoms with Gasteiger partial charge in [0, 0.05) is 24.4 Å². The molecule has 0 radical (unpaired) electrons. The van der Waals surface area contributed by atoms with Gasteiger partial charge in [-0.25, -0.2) is 4.68 Å². The van der Waals surface area contributed by atoms with Crippen molar-refractivity contribution in [2.24, 2.45) is 0 Å². The largest absolute Gasteiger partial charge is 0.493 e. The van der Waals surface area contributed by atoms with Crippen molar-refractivity contribution < 1.29 is 19.4 Å². The molecular weight excluding hydrogens is 422 g/mol. The molecule has 33 heavy (non-hydrogen) atoms. The number of carbonyl (C=O) groups excluding carboxylic acids is 1. The molecule has 1 unspecified atom stereocenters. The van der Waals surface area contributed by atoms with Crippen LogP contribution < -0.4 is 20.1 Å². The molecule has 2 aromatic carbocycles. The number of anilines is 2. The van der Waals surface area contributed by atoms with Crippen molar-refractivity contribution in [3.8, 4) is 11.5 Å². The summed E-state index contributed by atoms with van der Waals surface area (Å²) in [7, 11) is 3.15. The number of methoxy groups -OCH3 is 2. The van der Waals surface area contributed by atoms with Gasteiger partial charge in [0.25, 0.3) is 5.91 Å². The zero-order chi connectivity index (χ0) is 23.4. The van der Waals surface area contributed by atoms with Gasteiger partial charge < -0.3 is 25.2 Å². The predicted octanol–water partition coefficient (Wildman–Crippen LogP) is 3.15. The molecule has 9 nitrogen and oxygen atoms in total. The number of carbonyl (C=O) groups is 1. The van der Waals surface area contributed by atoms with Crippen LogP contribution in [0, 0.1) is 0 Å². The van der Waals surface area contributed by atoms with Crippen LogP contribution in [0.15, 0.2) is 59.8 Å². The highest BCUT2D eigenvalue weighted by Gasteiger charge is 2.34. The maximum absolute atomic E-state index is 13.5. The smallest absolute Gasteiger partial charge is 0.255 e. The highest BCUT2D eigenvalue weighted by Crippen LogP contribution is 2.39. The van der Waals surface area contributed by atoms with E-state index in [9.17, 15) is 9.90 Å². The van der Waals surface area contributed by atoms with Crippen molar-refractivity contribution in [1.82, 2.24) is 14.8 Å². The minimum Gasteiger partial charge on any atom is -0.493 e. The van der Waals surface area contributed by atoms with Crippen LogP contribution in [0.25, 0.3) is 0 Å². The maximum atomic E-state index is 13.5. The first kappa shape index (κ1) is 22.3. The summed E-state index contributed by atoms with van der Waals surface area (Å²) in [6, 6.07) is 14.3. The van der Waals surface area contributed by atoms with Gasteiger partial charge in [0.05, 0.1) is 19.8 Å². The third kappa shape index (κ3) is 4.54. The second-order valence-corrected chi connectivity index (χ2v) is 7.62. The van der Waals surface area contributed by atoms with E-state index in [4.69, 9.17) is 9.47 Å². The number of nitrogens with one attached hydrogen (secondary N) is 2. The number of hydrogen-bond donors (Lipinski definition) is 3. The molecule has 9 heteroatoms. The molecule has 0 saturated heterocycles. The lowest BCUT2D eigenvalue weighted by Gasteiger charge is -2.29. The van der Waals surface area contributed by atoms with Crippen LogP contribution >= 0.6 is 0 Å². The van der Waals surface area contributed by atoms with Gasteiger partial charge >= 0.3 is 0 Å². The number of benzene rings is 2. The molecule has 1 amide bonds. The minimum absolute atomic E-state index is 0.0540. The second kappa shape index (κ2) is 9.74. The fraction of sp³-hybridized carbons (Fsp3) is 0.292. The number of nitrogens with zero attached hydrogens (tertiary/aromatic N) is 3. The van der Waals surface area contributed by atoms with Crippen molar-refractivity contribution in [1.29, 1.82) is 0 Å². The molecule has 0 aliphatic carbocycles. The molecule has 1 aliphatic rings. The molecule has 1 aliphatic heterocycles. The Hall–Kier alpha value is -3.85. The van der Waals surface area contributed by atoms with E-state index in [0.29, 0.717) is 53.1 Å². The summed E-state index contributed by atoms with van der Waals surface area (Å²) in [6.07, 6.45) is 1.08. The third-order valence-corrected chi connectivity index (χ3v) is 5.45. The molecule has 0 bridgehead atoms. The van der Waals surface area contributed by atoms with E-state index in [-0.39, 0.29) is 12.5 Å². The topological polar surface area (TPSA) is 111 Å². The number of aryl methyl sites for hydroxylation is 1. The molecule has 0 saturated carbocycles. The first-order valence-corrected chi connectivity index (χ1v) is 10.7. The SMILES string of the molecule is COc1ccc(C2C(C(=O)Nc3ccccc3)=C(C)Nc3nc(CCCO)nn32)cc1OC. The van der Waals surface area contributed by atoms with E-state index in [0.717, 1.165) is 5.56 Å². The van der Waals surface area contributed by atoms with Crippen LogP contribution in [-0.4, -0.2) is 46.6 Å². The number of para-hydroxylation sites is 1. The van der Waals surface area contributed by atoms with E-state index < -0.39 is 6.04 Å². The maximum Gasteiger partial charge on any atom is 0.255 e. The van der Waals surface area contributed by atoms with Crippen LogP contribution in [0.2, 0.25) is 0 Å². The van der Waals surface area contributed by atoms with Crippen LogP contribution in [0.1, 0.15) is 30.8 Å². The number of fused-ring (bicyclic) bond motifs is 1. The van der Waals surface area contributed by atoms with Crippen molar-refractivity contribution in [3.05, 3.63) is 71.2 Å². The monoisotopic (exact) mass is 449 g/mol. The lowest BCUT2D eigenvalue weighted by Crippen LogP contribution is -2.31. The number of allylic oxidation sites excluding steroid dienone is 1. The van der Waals surface area contributed by atoms with E-state index in [1.54, 1.807) is 18.9 Å². The van der Waals surface area contributed by atoms with Crippen LogP contribution in [-0.2, 0) is 11.2 Å². The Kier molecular flexibility index (Phi) is 6.60. The minimum atomic E-state index is -0.542. The van der Waals surface area contributed by atoms with Gasteiger partial charge in [-0.15, -0.1) is 0 Å². The Labute approximate surface area is 192 Å². The summed E-state index contributed by atoms with van der Waals surface area (Å²) in [5.74, 6) is 2.03. The van der Waals surface area contributed by atoms with Crippen molar-refractivity contribution in [2.75, 3.05) is 31.5 Å². The van der Waals surface area contributed by atoms with Gasteiger partial charge in [-0.05, 0) is 43.2 Å². The Balaban J connectivity index is 1.80. The van der Waals surface area contributed by atoms with E-state index >= 15 is 0 Å². The highest BCUT2D eigenvalue weighted by molar-refractivity contribution is 6.06. The molecule has 3 aromatic rings. The third-order valence-electron chi connectivity index (χ3n) is 5.45. The fourth-order valence-electron chi connectivity index (χ4n) is 3.88. The predicted molar refractivity (Wildman–Crippen MR) is 125 cm³/mol. The van der Waals surface area contributed by atoms with Crippen molar-refractivity contribution >= 4 is 17.5 Å². The Morgan fingerprint density at radius 2 is 1.91 bits per heavy atom. The fourth-order valence-corrected chi connectivity index (χ4v) is 3.88. The van der Waals surface area contributed by atoms with Crippen molar-refractivity contribution in [2.45, 2.75) is 25.8 Å². The van der Waals surface area contributed by atoms with Crippen LogP contribution in [0.3, 0.4) is 0 Å². The van der Waals surface area contributed by atoms with Crippen molar-refractivity contribution in [3.63, 3.8) is 0 Å². The quantitative estimate of drug-likeness (QED) is 0.484. The van der Waals surface area contributed by atoms with E-state index in [1.165, 1.54) is 0 Å². The van der Waals surface area contributed by atoms with Crippen LogP contribution in [0.4, 0.5) is 11.6 Å². The zero-order valence-electron chi connectivity index (χ0n) is 18.8. The lowest BCUT2D eigenvalue weighted by molar-refractivity contribution is -0.113. The van der Waals surface area contributed by atoms with Gasteiger partial charge in [0.15, 0.2) is 17.3 Å². The summed E-state index contributed by atoms with van der Waals surface area (Å²) < 4.78 is 12.6. The highest BCUT2D eigenvalue weighted by atomic mass is 16.5. The number of rotatable bonds is 8. The molecule has 172 valence electrons. The molecule has 2 heterocycles. The molecule has 0 fully saturated rings. The Morgan fingerprint density at radius 1 is 1.15 bits per heavy atom. The van der Waals surface area contributed by atoms with Gasteiger partial charge in [-0.2, -0.15) is 10.1 Å². The number of aliphatic hydroxyl groups excluding tert-OH is 1. The van der Waals surface area contributed by atoms with Gasteiger partial charge in [0.2, 0.25) is 5.95 Å². The lowest BCUT2D eigenvalue weighted by atomic mass is 9.94. The Morgan fingerprint density at radius 3 is 2.61 bits per heavy atom. The van der Waals surface area contributed by atoms with Gasteiger partial charge in [0.1, 0.15) is 6.04 Å². The summed E-state index contributed by atoms with van der Waals surface area (Å²) in [6.45, 7) is 1.90. The Bertz CT molecular complexity index is 1170. The average molecular weight is 450 g/mol. The summed E-state index contributed by atoms with van der Waals surface area (Å²) in [5.41, 5.74) is 2.68. The molecule has 3 N–H and O–H groups in total. The average Bonchev–Trinajstić information content (AvgIpc) is 3.24. The standard InChI is InChI=1S/C24H27N5O4/c1-15-21(23(31)26-17-8-5-4-6-9-17)22(16-11-12-18(32-2)19(14-16)33-3)29-24(25-15)27-20(28-29)10-7-13-30/h4-6,8-9,11-12,14,22,30H,7,10,13H2,1-3H3,(H,26,31)(H,25,27,28). The van der Waals surface area contributed by atoms with E-state index in [1.807, 2.05) is 55.5 Å². The van der Waals surface area contributed by atoms with E-state index in [2.05, 4.69) is 20.7 Å². The normalized spacial score (nSPS) is 15.0. The molecular formula is C24H27N5O4. The molecule has 4 rings (SSSR count). The first-order valence-electron chi connectivity index (χ1n) is 10.7. The molecule has 1 atom stereocenters. The number of hydrogen-bond acceptors (Lipinski definition) is 7. The summed E-state index contributed by atoms with van der Waals surface area (Å²) in [4.78, 5) is 18.0. The number of ether oxygens (including phenoxy) is 2. The van der Waals surface area contributed by atoms with Gasteiger partial charge in [-0.3, -0.25) is 4.79 Å². The molecule has 1 aromatic heterocycles. The summed E-state index contributed by atoms with van der Waals surface area (Å²) >= 11 is 0. The second-order valence-electron chi connectivity index (χ2n) is 7.62. The first-order chi connectivity index (χ1) is 16.0. The molecule has 0 spiro atoms. The number of aromatic nitrogens is 3. The number of amides is 1. The van der Waals surface area contributed by atoms with Crippen LogP contribution in [0.5, 0.6) is 11.5 Å². The van der Waals surface area contributed by atoms with Gasteiger partial charge in [-0.1, -0.05) is 24.3 Å². The zero-order valence-corrected chi connectivity index (χ0v) is 18.8. The summed E-state index contributed by atoms with van der Waals surface area (Å²) in [5, 5.41) is 20.1.